The molecule has 0 fully saturated rings. The summed E-state index contributed by atoms with van der Waals surface area (Å²) in [7, 11) is 1.36. The predicted octanol–water partition coefficient (Wildman–Crippen LogP) is 2.57. The number of methoxy groups -OCH3 is 1. The molecule has 0 heterocycles. The second-order valence-electron chi connectivity index (χ2n) is 5.11. The fourth-order valence-electron chi connectivity index (χ4n) is 2.01. The SMILES string of the molecule is CCc1ccccc1C(=O)NC(CC(=O)OC)C(C)C. The van der Waals surface area contributed by atoms with Crippen molar-refractivity contribution in [2.24, 2.45) is 5.92 Å². The van der Waals surface area contributed by atoms with E-state index in [1.807, 2.05) is 45.0 Å². The molecule has 0 saturated heterocycles. The smallest absolute Gasteiger partial charge is 0.307 e. The highest BCUT2D eigenvalue weighted by Crippen LogP contribution is 2.12. The highest BCUT2D eigenvalue weighted by atomic mass is 16.5. The number of hydrogen-bond acceptors (Lipinski definition) is 3. The van der Waals surface area contributed by atoms with Crippen molar-refractivity contribution < 1.29 is 14.3 Å². The molecular weight excluding hydrogens is 254 g/mol. The van der Waals surface area contributed by atoms with Crippen molar-refractivity contribution in [2.45, 2.75) is 39.7 Å². The molecule has 0 radical (unpaired) electrons. The summed E-state index contributed by atoms with van der Waals surface area (Å²) in [5.74, 6) is -0.287. The Morgan fingerprint density at radius 3 is 2.45 bits per heavy atom. The van der Waals surface area contributed by atoms with Gasteiger partial charge in [0, 0.05) is 11.6 Å². The Bertz CT molecular complexity index is 469. The van der Waals surface area contributed by atoms with Crippen molar-refractivity contribution in [3.63, 3.8) is 0 Å². The summed E-state index contributed by atoms with van der Waals surface area (Å²) in [5, 5.41) is 2.93. The summed E-state index contributed by atoms with van der Waals surface area (Å²) < 4.78 is 4.67. The van der Waals surface area contributed by atoms with E-state index in [9.17, 15) is 9.59 Å². The van der Waals surface area contributed by atoms with Crippen molar-refractivity contribution in [3.8, 4) is 0 Å². The van der Waals surface area contributed by atoms with Crippen LogP contribution in [0.4, 0.5) is 0 Å². The van der Waals surface area contributed by atoms with Crippen LogP contribution in [0.25, 0.3) is 0 Å². The van der Waals surface area contributed by atoms with Crippen molar-refractivity contribution in [1.29, 1.82) is 0 Å². The topological polar surface area (TPSA) is 55.4 Å². The molecule has 4 nitrogen and oxygen atoms in total. The number of aryl methyl sites for hydroxylation is 1. The standard InChI is InChI=1S/C16H23NO3/c1-5-12-8-6-7-9-13(12)16(19)17-14(11(2)3)10-15(18)20-4/h6-9,11,14H,5,10H2,1-4H3,(H,17,19). The number of esters is 1. The van der Waals surface area contributed by atoms with E-state index in [2.05, 4.69) is 10.1 Å². The first-order valence-electron chi connectivity index (χ1n) is 6.95. The largest absolute Gasteiger partial charge is 0.469 e. The van der Waals surface area contributed by atoms with Crippen LogP contribution in [-0.4, -0.2) is 25.0 Å². The van der Waals surface area contributed by atoms with Crippen LogP contribution in [0.3, 0.4) is 0 Å². The summed E-state index contributed by atoms with van der Waals surface area (Å²) >= 11 is 0. The van der Waals surface area contributed by atoms with E-state index in [4.69, 9.17) is 0 Å². The lowest BCUT2D eigenvalue weighted by molar-refractivity contribution is -0.141. The Morgan fingerprint density at radius 1 is 1.25 bits per heavy atom. The van der Waals surface area contributed by atoms with Crippen LogP contribution < -0.4 is 5.32 Å². The van der Waals surface area contributed by atoms with Gasteiger partial charge in [-0.05, 0) is 24.0 Å². The molecule has 1 rings (SSSR count). The fraction of sp³-hybridized carbons (Fsp3) is 0.500. The summed E-state index contributed by atoms with van der Waals surface area (Å²) in [6, 6.07) is 7.30. The molecule has 0 saturated carbocycles. The van der Waals surface area contributed by atoms with E-state index < -0.39 is 0 Å². The minimum Gasteiger partial charge on any atom is -0.469 e. The van der Waals surface area contributed by atoms with Gasteiger partial charge >= 0.3 is 5.97 Å². The molecule has 1 unspecified atom stereocenters. The number of benzene rings is 1. The summed E-state index contributed by atoms with van der Waals surface area (Å²) in [5.41, 5.74) is 1.68. The molecule has 0 aromatic heterocycles. The number of rotatable bonds is 6. The van der Waals surface area contributed by atoms with Gasteiger partial charge in [0.2, 0.25) is 0 Å². The quantitative estimate of drug-likeness (QED) is 0.813. The molecule has 4 heteroatoms. The lowest BCUT2D eigenvalue weighted by Gasteiger charge is -2.22. The third-order valence-corrected chi connectivity index (χ3v) is 3.38. The Morgan fingerprint density at radius 2 is 1.90 bits per heavy atom. The van der Waals surface area contributed by atoms with Crippen molar-refractivity contribution >= 4 is 11.9 Å². The zero-order chi connectivity index (χ0) is 15.1. The maximum Gasteiger partial charge on any atom is 0.307 e. The van der Waals surface area contributed by atoms with E-state index in [1.165, 1.54) is 7.11 Å². The molecule has 1 aromatic rings. The fourth-order valence-corrected chi connectivity index (χ4v) is 2.01. The zero-order valence-electron chi connectivity index (χ0n) is 12.6. The van der Waals surface area contributed by atoms with Crippen LogP contribution in [0.2, 0.25) is 0 Å². The molecule has 1 atom stereocenters. The van der Waals surface area contributed by atoms with Crippen molar-refractivity contribution in [1.82, 2.24) is 5.32 Å². The number of carbonyl (C=O) groups excluding carboxylic acids is 2. The second kappa shape index (κ2) is 7.68. The van der Waals surface area contributed by atoms with Gasteiger partial charge in [-0.25, -0.2) is 0 Å². The van der Waals surface area contributed by atoms with Crippen molar-refractivity contribution in [3.05, 3.63) is 35.4 Å². The first-order valence-corrected chi connectivity index (χ1v) is 6.95. The summed E-state index contributed by atoms with van der Waals surface area (Å²) in [6.07, 6.45) is 0.987. The normalized spacial score (nSPS) is 12.1. The summed E-state index contributed by atoms with van der Waals surface area (Å²) in [6.45, 7) is 5.96. The van der Waals surface area contributed by atoms with Crippen LogP contribution in [-0.2, 0) is 16.0 Å². The average Bonchev–Trinajstić information content (AvgIpc) is 2.45. The molecule has 0 bridgehead atoms. The molecule has 110 valence electrons. The highest BCUT2D eigenvalue weighted by molar-refractivity contribution is 5.96. The molecule has 1 amide bonds. The van der Waals surface area contributed by atoms with Crippen LogP contribution in [0.5, 0.6) is 0 Å². The van der Waals surface area contributed by atoms with Gasteiger partial charge in [-0.3, -0.25) is 9.59 Å². The number of carbonyl (C=O) groups is 2. The number of ether oxygens (including phenoxy) is 1. The molecule has 1 aromatic carbocycles. The van der Waals surface area contributed by atoms with E-state index in [0.717, 1.165) is 12.0 Å². The lowest BCUT2D eigenvalue weighted by atomic mass is 9.99. The van der Waals surface area contributed by atoms with Gasteiger partial charge in [0.05, 0.1) is 13.5 Å². The number of hydrogen-bond donors (Lipinski definition) is 1. The first kappa shape index (κ1) is 16.2. The molecule has 0 aliphatic heterocycles. The van der Waals surface area contributed by atoms with Gasteiger partial charge in [-0.2, -0.15) is 0 Å². The van der Waals surface area contributed by atoms with Gasteiger partial charge in [0.15, 0.2) is 0 Å². The number of amides is 1. The third kappa shape index (κ3) is 4.37. The molecular formula is C16H23NO3. The first-order chi connectivity index (χ1) is 9.49. The Labute approximate surface area is 120 Å². The lowest BCUT2D eigenvalue weighted by Crippen LogP contribution is -2.40. The van der Waals surface area contributed by atoms with Gasteiger partial charge in [0.25, 0.3) is 5.91 Å². The maximum absolute atomic E-state index is 12.3. The Balaban J connectivity index is 2.83. The van der Waals surface area contributed by atoms with Gasteiger partial charge in [-0.1, -0.05) is 39.0 Å². The van der Waals surface area contributed by atoms with Gasteiger partial charge < -0.3 is 10.1 Å². The minimum absolute atomic E-state index is 0.134. The van der Waals surface area contributed by atoms with E-state index in [1.54, 1.807) is 0 Å². The van der Waals surface area contributed by atoms with Crippen molar-refractivity contribution in [2.75, 3.05) is 7.11 Å². The third-order valence-electron chi connectivity index (χ3n) is 3.38. The van der Waals surface area contributed by atoms with Crippen LogP contribution >= 0.6 is 0 Å². The molecule has 20 heavy (non-hydrogen) atoms. The monoisotopic (exact) mass is 277 g/mol. The molecule has 1 N–H and O–H groups in total. The Hall–Kier alpha value is -1.84. The van der Waals surface area contributed by atoms with E-state index in [0.29, 0.717) is 5.56 Å². The second-order valence-corrected chi connectivity index (χ2v) is 5.11. The van der Waals surface area contributed by atoms with E-state index in [-0.39, 0.29) is 30.3 Å². The highest BCUT2D eigenvalue weighted by Gasteiger charge is 2.21. The van der Waals surface area contributed by atoms with Crippen LogP contribution in [0.15, 0.2) is 24.3 Å². The zero-order valence-corrected chi connectivity index (χ0v) is 12.6. The van der Waals surface area contributed by atoms with Crippen LogP contribution in [0, 0.1) is 5.92 Å². The number of nitrogens with one attached hydrogen (secondary N) is 1. The van der Waals surface area contributed by atoms with Gasteiger partial charge in [-0.15, -0.1) is 0 Å². The summed E-state index contributed by atoms with van der Waals surface area (Å²) in [4.78, 5) is 23.7. The predicted molar refractivity (Wildman–Crippen MR) is 78.5 cm³/mol. The van der Waals surface area contributed by atoms with Gasteiger partial charge in [0.1, 0.15) is 0 Å². The minimum atomic E-state index is -0.312. The Kier molecular flexibility index (Phi) is 6.22. The molecule has 0 aliphatic rings. The molecule has 0 spiro atoms. The van der Waals surface area contributed by atoms with Crippen LogP contribution in [0.1, 0.15) is 43.1 Å². The van der Waals surface area contributed by atoms with E-state index >= 15 is 0 Å². The maximum atomic E-state index is 12.3. The molecule has 0 aliphatic carbocycles. The average molecular weight is 277 g/mol.